The highest BCUT2D eigenvalue weighted by atomic mass is 15.1. The lowest BCUT2D eigenvalue weighted by atomic mass is 9.65. The third-order valence-electron chi connectivity index (χ3n) is 12.3. The monoisotopic (exact) mass is 699 g/mol. The zero-order valence-electron chi connectivity index (χ0n) is 30.7. The van der Waals surface area contributed by atoms with Gasteiger partial charge in [-0.3, -0.25) is 4.98 Å². The number of fused-ring (bicyclic) bond motifs is 4. The van der Waals surface area contributed by atoms with Crippen LogP contribution in [-0.4, -0.2) is 10.8 Å². The summed E-state index contributed by atoms with van der Waals surface area (Å²) in [6.07, 6.45) is 42.1. The summed E-state index contributed by atoms with van der Waals surface area (Å²) in [5.41, 5.74) is 17.9. The van der Waals surface area contributed by atoms with E-state index in [1.807, 2.05) is 18.5 Å². The molecule has 1 aromatic heterocycles. The molecule has 10 rings (SSSR count). The predicted octanol–water partition coefficient (Wildman–Crippen LogP) is 12.0. The Morgan fingerprint density at radius 1 is 0.667 bits per heavy atom. The average Bonchev–Trinajstić information content (AvgIpc) is 3.27. The Morgan fingerprint density at radius 2 is 1.46 bits per heavy atom. The molecule has 54 heavy (non-hydrogen) atoms. The third-order valence-corrected chi connectivity index (χ3v) is 12.3. The molecule has 0 saturated heterocycles. The van der Waals surface area contributed by atoms with Crippen LogP contribution in [0.2, 0.25) is 0 Å². The summed E-state index contributed by atoms with van der Waals surface area (Å²) >= 11 is 0. The van der Waals surface area contributed by atoms with Crippen molar-refractivity contribution in [3.05, 3.63) is 214 Å². The second-order valence-electron chi connectivity index (χ2n) is 15.5. The number of benzene rings is 2. The molecule has 2 aromatic carbocycles. The van der Waals surface area contributed by atoms with Gasteiger partial charge in [-0.25, -0.2) is 4.99 Å². The van der Waals surface area contributed by atoms with Crippen LogP contribution in [0, 0.1) is 17.8 Å². The number of aromatic nitrogens is 1. The van der Waals surface area contributed by atoms with Gasteiger partial charge in [0.05, 0.1) is 6.04 Å². The molecule has 3 nitrogen and oxygen atoms in total. The van der Waals surface area contributed by atoms with Gasteiger partial charge in [0.15, 0.2) is 0 Å². The minimum Gasteiger partial charge on any atom is -0.359 e. The van der Waals surface area contributed by atoms with Gasteiger partial charge in [0.1, 0.15) is 5.84 Å². The van der Waals surface area contributed by atoms with Crippen molar-refractivity contribution in [3.63, 3.8) is 0 Å². The Morgan fingerprint density at radius 3 is 2.28 bits per heavy atom. The summed E-state index contributed by atoms with van der Waals surface area (Å²) in [4.78, 5) is 9.73. The van der Waals surface area contributed by atoms with Crippen LogP contribution in [0.3, 0.4) is 0 Å². The van der Waals surface area contributed by atoms with Crippen molar-refractivity contribution in [2.24, 2.45) is 22.7 Å². The lowest BCUT2D eigenvalue weighted by Gasteiger charge is -2.39. The summed E-state index contributed by atoms with van der Waals surface area (Å²) in [5, 5.41) is 3.89. The van der Waals surface area contributed by atoms with Gasteiger partial charge in [-0.15, -0.1) is 0 Å². The first-order chi connectivity index (χ1) is 26.7. The molecule has 0 bridgehead atoms. The lowest BCUT2D eigenvalue weighted by Crippen LogP contribution is -2.33. The van der Waals surface area contributed by atoms with Crippen LogP contribution < -0.4 is 5.32 Å². The zero-order chi connectivity index (χ0) is 35.8. The lowest BCUT2D eigenvalue weighted by molar-refractivity contribution is 0.577. The van der Waals surface area contributed by atoms with Crippen LogP contribution >= 0.6 is 0 Å². The molecule has 1 N–H and O–H groups in total. The number of hydrogen-bond acceptors (Lipinski definition) is 3. The number of nitrogens with one attached hydrogen (secondary N) is 1. The van der Waals surface area contributed by atoms with Gasteiger partial charge in [0, 0.05) is 35.8 Å². The fourth-order valence-electron chi connectivity index (χ4n) is 9.49. The van der Waals surface area contributed by atoms with E-state index >= 15 is 0 Å². The molecule has 3 heteroatoms. The first-order valence-corrected chi connectivity index (χ1v) is 19.9. The van der Waals surface area contributed by atoms with E-state index in [4.69, 9.17) is 4.99 Å². The predicted molar refractivity (Wildman–Crippen MR) is 223 cm³/mol. The summed E-state index contributed by atoms with van der Waals surface area (Å²) in [5.74, 6) is 2.14. The van der Waals surface area contributed by atoms with Crippen LogP contribution in [0.5, 0.6) is 0 Å². The number of pyridine rings is 1. The van der Waals surface area contributed by atoms with Gasteiger partial charge in [0.2, 0.25) is 0 Å². The van der Waals surface area contributed by atoms with Crippen molar-refractivity contribution >= 4 is 11.4 Å². The summed E-state index contributed by atoms with van der Waals surface area (Å²) in [6, 6.07) is 23.8. The fourth-order valence-corrected chi connectivity index (χ4v) is 9.49. The van der Waals surface area contributed by atoms with E-state index in [1.54, 1.807) is 22.3 Å². The SMILES string of the molecule is C1=CC2C3=C(CCC=C3)C3=C(C=C(C4=CC=C(C5=NC(C6C=CC(c7cccnc7)=CC6)=CC(c6cccc(-c7ccccc7)c6)N5)CC4)CC3)C2C=C1. The maximum absolute atomic E-state index is 5.39. The highest BCUT2D eigenvalue weighted by Gasteiger charge is 2.36. The van der Waals surface area contributed by atoms with Gasteiger partial charge in [-0.2, -0.15) is 0 Å². The minimum absolute atomic E-state index is 0.0247. The number of nitrogens with zero attached hydrogens (tertiary/aromatic N) is 2. The van der Waals surface area contributed by atoms with Gasteiger partial charge >= 0.3 is 0 Å². The first-order valence-electron chi connectivity index (χ1n) is 19.9. The molecule has 0 fully saturated rings. The molecule has 4 atom stereocenters. The van der Waals surface area contributed by atoms with Gasteiger partial charge < -0.3 is 5.32 Å². The van der Waals surface area contributed by atoms with E-state index in [9.17, 15) is 0 Å². The van der Waals surface area contributed by atoms with Gasteiger partial charge in [-0.05, 0) is 130 Å². The van der Waals surface area contributed by atoms with Crippen LogP contribution in [-0.2, 0) is 0 Å². The summed E-state index contributed by atoms with van der Waals surface area (Å²) in [6.45, 7) is 0. The van der Waals surface area contributed by atoms with Crippen LogP contribution in [0.4, 0.5) is 0 Å². The van der Waals surface area contributed by atoms with Gasteiger partial charge in [-0.1, -0.05) is 128 Å². The normalized spacial score (nSPS) is 25.6. The average molecular weight is 700 g/mol. The second kappa shape index (κ2) is 14.2. The van der Waals surface area contributed by atoms with Crippen LogP contribution in [0.15, 0.2) is 208 Å². The summed E-state index contributed by atoms with van der Waals surface area (Å²) in [7, 11) is 0. The zero-order valence-corrected chi connectivity index (χ0v) is 30.7. The van der Waals surface area contributed by atoms with Crippen molar-refractivity contribution in [1.29, 1.82) is 0 Å². The molecule has 2 heterocycles. The number of aliphatic imine (C=N–C) groups is 1. The molecule has 7 aliphatic rings. The van der Waals surface area contributed by atoms with E-state index in [2.05, 4.69) is 150 Å². The minimum atomic E-state index is 0.0247. The molecule has 3 aromatic rings. The van der Waals surface area contributed by atoms with Crippen molar-refractivity contribution < 1.29 is 0 Å². The number of amidine groups is 1. The Balaban J connectivity index is 0.959. The molecule has 6 aliphatic carbocycles. The highest BCUT2D eigenvalue weighted by Crippen LogP contribution is 2.50. The largest absolute Gasteiger partial charge is 0.359 e. The Labute approximate surface area is 319 Å². The van der Waals surface area contributed by atoms with Crippen molar-refractivity contribution in [2.45, 2.75) is 51.0 Å². The summed E-state index contributed by atoms with van der Waals surface area (Å²) < 4.78 is 0. The number of hydrogen-bond donors (Lipinski definition) is 1. The van der Waals surface area contributed by atoms with E-state index in [1.165, 1.54) is 45.4 Å². The number of rotatable bonds is 6. The Bertz CT molecular complexity index is 2380. The molecule has 0 spiro atoms. The van der Waals surface area contributed by atoms with Crippen LogP contribution in [0.1, 0.15) is 62.1 Å². The maximum Gasteiger partial charge on any atom is 0.130 e. The molecular weight excluding hydrogens is 655 g/mol. The maximum atomic E-state index is 5.39. The molecule has 0 amide bonds. The fraction of sp³-hybridized carbons (Fsp3) is 0.216. The quantitative estimate of drug-likeness (QED) is 0.278. The molecule has 4 unspecified atom stereocenters. The second-order valence-corrected chi connectivity index (χ2v) is 15.5. The van der Waals surface area contributed by atoms with Gasteiger partial charge in [0.25, 0.3) is 0 Å². The standard InChI is InChI=1S/C51H45N3/c1-2-10-34(11-3-1)39-12-8-13-41(30-39)50-32-49(37-23-19-36(20-24-37)42-14-9-29-52-33-42)53-51(54-50)38-25-21-35(22-26-38)40-27-28-47-45-17-5-4-15-43(45)44-16-6-7-18-46(44)48(47)31-40/h1-4,6-16,18-21,23,25,29-33,37,44,46,50H,5,17,22,24,26-28H2,(H,53,54). The van der Waals surface area contributed by atoms with E-state index in [0.29, 0.717) is 11.8 Å². The van der Waals surface area contributed by atoms with E-state index < -0.39 is 0 Å². The third kappa shape index (κ3) is 6.22. The smallest absolute Gasteiger partial charge is 0.130 e. The topological polar surface area (TPSA) is 37.3 Å². The Hall–Kier alpha value is -5.80. The van der Waals surface area contributed by atoms with Crippen molar-refractivity contribution in [2.75, 3.05) is 0 Å². The van der Waals surface area contributed by atoms with Crippen molar-refractivity contribution in [1.82, 2.24) is 10.3 Å². The molecule has 264 valence electrons. The first kappa shape index (κ1) is 32.8. The molecule has 1 aliphatic heterocycles. The molecule has 0 radical (unpaired) electrons. The Kier molecular flexibility index (Phi) is 8.64. The number of allylic oxidation sites excluding steroid dienone is 19. The molecule has 0 saturated carbocycles. The van der Waals surface area contributed by atoms with Crippen LogP contribution in [0.25, 0.3) is 16.7 Å². The van der Waals surface area contributed by atoms with Crippen molar-refractivity contribution in [3.8, 4) is 11.1 Å². The molecular formula is C51H45N3. The highest BCUT2D eigenvalue weighted by molar-refractivity contribution is 6.00. The van der Waals surface area contributed by atoms with E-state index in [0.717, 1.165) is 55.6 Å². The van der Waals surface area contributed by atoms with E-state index in [-0.39, 0.29) is 12.0 Å².